The maximum absolute atomic E-state index is 6.27. The number of hydrogen-bond acceptors (Lipinski definition) is 1. The molecular formula is C16H35BrOSi. The van der Waals surface area contributed by atoms with E-state index in [0.717, 1.165) is 6.61 Å². The third-order valence-electron chi connectivity index (χ3n) is 4.37. The van der Waals surface area contributed by atoms with E-state index in [4.69, 9.17) is 4.43 Å². The first-order chi connectivity index (χ1) is 9.24. The minimum atomic E-state index is -1.31. The molecule has 0 amide bonds. The van der Waals surface area contributed by atoms with Crippen molar-refractivity contribution in [3.05, 3.63) is 0 Å². The molecule has 0 unspecified atom stereocenters. The number of rotatable bonds is 14. The van der Waals surface area contributed by atoms with E-state index in [9.17, 15) is 0 Å². The van der Waals surface area contributed by atoms with Crippen LogP contribution in [0, 0.1) is 0 Å². The molecule has 0 fully saturated rings. The molecule has 0 N–H and O–H groups in total. The van der Waals surface area contributed by atoms with E-state index in [-0.39, 0.29) is 0 Å². The molecular weight excluding hydrogens is 316 g/mol. The van der Waals surface area contributed by atoms with Crippen LogP contribution in [0.2, 0.25) is 18.1 Å². The van der Waals surface area contributed by atoms with Crippen molar-refractivity contribution in [3.63, 3.8) is 0 Å². The number of hydrogen-bond donors (Lipinski definition) is 0. The number of halogens is 1. The highest BCUT2D eigenvalue weighted by atomic mass is 79.9. The highest BCUT2D eigenvalue weighted by Crippen LogP contribution is 2.22. The van der Waals surface area contributed by atoms with Gasteiger partial charge in [-0.2, -0.15) is 0 Å². The fraction of sp³-hybridized carbons (Fsp3) is 1.00. The van der Waals surface area contributed by atoms with Crippen molar-refractivity contribution in [2.24, 2.45) is 0 Å². The summed E-state index contributed by atoms with van der Waals surface area (Å²) in [5.41, 5.74) is 0. The van der Waals surface area contributed by atoms with Crippen LogP contribution in [0.4, 0.5) is 0 Å². The second-order valence-corrected chi connectivity index (χ2v) is 11.2. The summed E-state index contributed by atoms with van der Waals surface area (Å²) in [6.07, 6.45) is 11.0. The summed E-state index contributed by atoms with van der Waals surface area (Å²) in [7, 11) is -1.31. The second-order valence-electron chi connectivity index (χ2n) is 5.61. The normalized spacial score (nSPS) is 12.0. The van der Waals surface area contributed by atoms with Crippen LogP contribution in [-0.4, -0.2) is 20.3 Å². The Kier molecular flexibility index (Phi) is 14.1. The van der Waals surface area contributed by atoms with Crippen molar-refractivity contribution in [2.75, 3.05) is 11.9 Å². The maximum atomic E-state index is 6.27. The lowest BCUT2D eigenvalue weighted by atomic mass is 10.1. The molecule has 0 saturated carbocycles. The van der Waals surface area contributed by atoms with Gasteiger partial charge >= 0.3 is 0 Å². The second kappa shape index (κ2) is 13.6. The lowest BCUT2D eigenvalue weighted by Gasteiger charge is -2.27. The van der Waals surface area contributed by atoms with Gasteiger partial charge in [-0.1, -0.05) is 75.2 Å². The average Bonchev–Trinajstić information content (AvgIpc) is 2.46. The molecule has 3 heteroatoms. The van der Waals surface area contributed by atoms with Gasteiger partial charge < -0.3 is 4.43 Å². The standard InChI is InChI=1S/C16H35BrOSi/c1-4-19(5-2,6-3)18-16-14-12-10-8-7-9-11-13-15-17/h4-16H2,1-3H3. The van der Waals surface area contributed by atoms with Gasteiger partial charge in [0.25, 0.3) is 0 Å². The zero-order valence-corrected chi connectivity index (χ0v) is 16.1. The summed E-state index contributed by atoms with van der Waals surface area (Å²) in [5.74, 6) is 0. The Balaban J connectivity index is 3.35. The molecule has 0 heterocycles. The fourth-order valence-corrected chi connectivity index (χ4v) is 5.69. The maximum Gasteiger partial charge on any atom is 0.191 e. The Bertz CT molecular complexity index is 175. The highest BCUT2D eigenvalue weighted by Gasteiger charge is 2.27. The van der Waals surface area contributed by atoms with Crippen LogP contribution in [0.3, 0.4) is 0 Å². The van der Waals surface area contributed by atoms with Crippen molar-refractivity contribution in [1.29, 1.82) is 0 Å². The largest absolute Gasteiger partial charge is 0.417 e. The molecule has 116 valence electrons. The predicted octanol–water partition coefficient (Wildman–Crippen LogP) is 6.52. The first-order valence-electron chi connectivity index (χ1n) is 8.44. The lowest BCUT2D eigenvalue weighted by Crippen LogP contribution is -2.36. The van der Waals surface area contributed by atoms with E-state index < -0.39 is 8.32 Å². The zero-order chi connectivity index (χ0) is 14.4. The van der Waals surface area contributed by atoms with Crippen LogP contribution in [0.15, 0.2) is 0 Å². The average molecular weight is 351 g/mol. The van der Waals surface area contributed by atoms with Gasteiger partial charge in [0.1, 0.15) is 0 Å². The van der Waals surface area contributed by atoms with Crippen molar-refractivity contribution in [1.82, 2.24) is 0 Å². The highest BCUT2D eigenvalue weighted by molar-refractivity contribution is 9.09. The molecule has 0 aliphatic rings. The third-order valence-corrected chi connectivity index (χ3v) is 9.61. The van der Waals surface area contributed by atoms with Crippen LogP contribution < -0.4 is 0 Å². The van der Waals surface area contributed by atoms with Gasteiger partial charge in [-0.15, -0.1) is 0 Å². The minimum Gasteiger partial charge on any atom is -0.417 e. The number of alkyl halides is 1. The Morgan fingerprint density at radius 3 is 1.53 bits per heavy atom. The molecule has 0 aromatic heterocycles. The molecule has 0 aliphatic heterocycles. The van der Waals surface area contributed by atoms with Gasteiger partial charge in [-0.05, 0) is 31.0 Å². The zero-order valence-electron chi connectivity index (χ0n) is 13.5. The van der Waals surface area contributed by atoms with Crippen molar-refractivity contribution in [3.8, 4) is 0 Å². The first kappa shape index (κ1) is 19.7. The summed E-state index contributed by atoms with van der Waals surface area (Å²) < 4.78 is 6.27. The lowest BCUT2D eigenvalue weighted by molar-refractivity contribution is 0.287. The topological polar surface area (TPSA) is 9.23 Å². The van der Waals surface area contributed by atoms with Gasteiger partial charge in [-0.3, -0.25) is 0 Å². The van der Waals surface area contributed by atoms with Gasteiger partial charge in [0.15, 0.2) is 8.32 Å². The molecule has 0 radical (unpaired) electrons. The molecule has 0 bridgehead atoms. The van der Waals surface area contributed by atoms with Crippen LogP contribution in [0.1, 0.15) is 72.1 Å². The molecule has 1 nitrogen and oxygen atoms in total. The van der Waals surface area contributed by atoms with Crippen molar-refractivity contribution in [2.45, 2.75) is 90.3 Å². The van der Waals surface area contributed by atoms with Crippen LogP contribution in [0.5, 0.6) is 0 Å². The summed E-state index contributed by atoms with van der Waals surface area (Å²) in [4.78, 5) is 0. The molecule has 0 atom stereocenters. The van der Waals surface area contributed by atoms with Gasteiger partial charge in [0.2, 0.25) is 0 Å². The molecule has 0 saturated heterocycles. The van der Waals surface area contributed by atoms with Gasteiger partial charge in [0.05, 0.1) is 0 Å². The monoisotopic (exact) mass is 350 g/mol. The summed E-state index contributed by atoms with van der Waals surface area (Å²) in [6, 6.07) is 3.86. The molecule has 0 aliphatic carbocycles. The van der Waals surface area contributed by atoms with Crippen LogP contribution in [-0.2, 0) is 4.43 Å². The Morgan fingerprint density at radius 1 is 0.684 bits per heavy atom. The van der Waals surface area contributed by atoms with Gasteiger partial charge in [0, 0.05) is 11.9 Å². The summed E-state index contributed by atoms with van der Waals surface area (Å²) in [5, 5.41) is 1.17. The molecule has 0 spiro atoms. The van der Waals surface area contributed by atoms with E-state index in [1.54, 1.807) is 0 Å². The Labute approximate surface area is 131 Å². The van der Waals surface area contributed by atoms with E-state index in [1.807, 2.05) is 0 Å². The van der Waals surface area contributed by atoms with Gasteiger partial charge in [-0.25, -0.2) is 0 Å². The predicted molar refractivity (Wildman–Crippen MR) is 93.9 cm³/mol. The third kappa shape index (κ3) is 10.1. The summed E-state index contributed by atoms with van der Waals surface area (Å²) in [6.45, 7) is 7.95. The quantitative estimate of drug-likeness (QED) is 0.196. The SMILES string of the molecule is CC[Si](CC)(CC)OCCCCCCCCCCBr. The van der Waals surface area contributed by atoms with E-state index in [0.29, 0.717) is 0 Å². The number of unbranched alkanes of at least 4 members (excludes halogenated alkanes) is 7. The van der Waals surface area contributed by atoms with E-state index in [2.05, 4.69) is 36.7 Å². The van der Waals surface area contributed by atoms with Crippen molar-refractivity contribution >= 4 is 24.2 Å². The van der Waals surface area contributed by atoms with Crippen LogP contribution in [0.25, 0.3) is 0 Å². The fourth-order valence-electron chi connectivity index (χ4n) is 2.60. The Hall–Kier alpha value is 0.657. The minimum absolute atomic E-state index is 1.02. The Morgan fingerprint density at radius 2 is 1.11 bits per heavy atom. The van der Waals surface area contributed by atoms with Crippen LogP contribution >= 0.6 is 15.9 Å². The molecule has 0 rings (SSSR count). The molecule has 0 aromatic rings. The molecule has 0 aromatic carbocycles. The van der Waals surface area contributed by atoms with E-state index in [1.165, 1.54) is 74.8 Å². The smallest absolute Gasteiger partial charge is 0.191 e. The molecule has 19 heavy (non-hydrogen) atoms. The first-order valence-corrected chi connectivity index (χ1v) is 12.1. The van der Waals surface area contributed by atoms with Crippen molar-refractivity contribution < 1.29 is 4.43 Å². The van der Waals surface area contributed by atoms with E-state index >= 15 is 0 Å². The summed E-state index contributed by atoms with van der Waals surface area (Å²) >= 11 is 3.48.